The Labute approximate surface area is 106 Å². The molecule has 0 spiro atoms. The predicted octanol–water partition coefficient (Wildman–Crippen LogP) is 0.0237. The van der Waals surface area contributed by atoms with Gasteiger partial charge in [-0.3, -0.25) is 4.79 Å². The third-order valence-corrected chi connectivity index (χ3v) is 3.62. The quantitative estimate of drug-likeness (QED) is 0.772. The Morgan fingerprint density at radius 2 is 2.39 bits per heavy atom. The van der Waals surface area contributed by atoms with E-state index in [4.69, 9.17) is 0 Å². The molecule has 18 heavy (non-hydrogen) atoms. The molecule has 1 saturated carbocycles. The molecule has 2 aliphatic rings. The van der Waals surface area contributed by atoms with Crippen molar-refractivity contribution >= 4 is 5.91 Å². The molecule has 0 radical (unpaired) electrons. The van der Waals surface area contributed by atoms with Crippen LogP contribution in [-0.4, -0.2) is 39.8 Å². The highest BCUT2D eigenvalue weighted by Gasteiger charge is 2.28. The van der Waals surface area contributed by atoms with E-state index in [1.807, 2.05) is 0 Å². The maximum absolute atomic E-state index is 11.8. The normalized spacial score (nSPS) is 23.2. The largest absolute Gasteiger partial charge is 0.353 e. The minimum absolute atomic E-state index is 0.00816. The van der Waals surface area contributed by atoms with Crippen molar-refractivity contribution in [3.63, 3.8) is 0 Å². The summed E-state index contributed by atoms with van der Waals surface area (Å²) in [5.41, 5.74) is 0. The van der Waals surface area contributed by atoms with Crippen LogP contribution in [0.5, 0.6) is 0 Å². The van der Waals surface area contributed by atoms with E-state index in [1.165, 1.54) is 12.8 Å². The second-order valence-electron chi connectivity index (χ2n) is 5.10. The van der Waals surface area contributed by atoms with Crippen LogP contribution >= 0.6 is 0 Å². The molecule has 3 rings (SSSR count). The summed E-state index contributed by atoms with van der Waals surface area (Å²) in [5.74, 6) is 1.79. The highest BCUT2D eigenvalue weighted by Crippen LogP contribution is 2.38. The first-order chi connectivity index (χ1) is 8.84. The summed E-state index contributed by atoms with van der Waals surface area (Å²) in [6, 6.07) is 0.00816. The Kier molecular flexibility index (Phi) is 3.27. The van der Waals surface area contributed by atoms with Crippen LogP contribution in [0.1, 0.15) is 37.4 Å². The number of aromatic nitrogens is 3. The monoisotopic (exact) mass is 249 g/mol. The van der Waals surface area contributed by atoms with Gasteiger partial charge in [0, 0.05) is 19.0 Å². The maximum Gasteiger partial charge on any atom is 0.237 e. The minimum Gasteiger partial charge on any atom is -0.353 e. The molecule has 6 nitrogen and oxygen atoms in total. The molecule has 1 aromatic heterocycles. The topological polar surface area (TPSA) is 71.8 Å². The lowest BCUT2D eigenvalue weighted by atomic mass is 10.2. The van der Waals surface area contributed by atoms with Crippen LogP contribution in [-0.2, 0) is 11.3 Å². The first-order valence-electron chi connectivity index (χ1n) is 6.73. The SMILES string of the molecule is O=C(NCCn1cnnc1C1CC1)C1CCCN1. The number of nitrogens with zero attached hydrogens (tertiary/aromatic N) is 3. The smallest absolute Gasteiger partial charge is 0.237 e. The minimum atomic E-state index is 0.00816. The van der Waals surface area contributed by atoms with Crippen molar-refractivity contribution in [2.24, 2.45) is 0 Å². The van der Waals surface area contributed by atoms with Crippen molar-refractivity contribution in [2.45, 2.75) is 44.2 Å². The Balaban J connectivity index is 1.46. The lowest BCUT2D eigenvalue weighted by Crippen LogP contribution is -2.41. The molecule has 1 saturated heterocycles. The van der Waals surface area contributed by atoms with Crippen molar-refractivity contribution in [2.75, 3.05) is 13.1 Å². The fourth-order valence-electron chi connectivity index (χ4n) is 2.42. The molecule has 2 heterocycles. The van der Waals surface area contributed by atoms with Crippen LogP contribution in [0.25, 0.3) is 0 Å². The van der Waals surface area contributed by atoms with Crippen LogP contribution < -0.4 is 10.6 Å². The second-order valence-corrected chi connectivity index (χ2v) is 5.10. The molecule has 98 valence electrons. The highest BCUT2D eigenvalue weighted by molar-refractivity contribution is 5.81. The highest BCUT2D eigenvalue weighted by atomic mass is 16.2. The Hall–Kier alpha value is -1.43. The van der Waals surface area contributed by atoms with E-state index >= 15 is 0 Å². The van der Waals surface area contributed by atoms with Crippen molar-refractivity contribution in [1.82, 2.24) is 25.4 Å². The van der Waals surface area contributed by atoms with Crippen molar-refractivity contribution in [1.29, 1.82) is 0 Å². The van der Waals surface area contributed by atoms with Crippen LogP contribution in [0.3, 0.4) is 0 Å². The van der Waals surface area contributed by atoms with Gasteiger partial charge in [-0.2, -0.15) is 0 Å². The van der Waals surface area contributed by atoms with Crippen molar-refractivity contribution < 1.29 is 4.79 Å². The summed E-state index contributed by atoms with van der Waals surface area (Å²) in [6.07, 6.45) is 6.24. The van der Waals surface area contributed by atoms with Gasteiger partial charge in [0.25, 0.3) is 0 Å². The summed E-state index contributed by atoms with van der Waals surface area (Å²) in [6.45, 7) is 2.36. The number of carbonyl (C=O) groups is 1. The Morgan fingerprint density at radius 3 is 3.11 bits per heavy atom. The van der Waals surface area contributed by atoms with E-state index in [-0.39, 0.29) is 11.9 Å². The number of carbonyl (C=O) groups excluding carboxylic acids is 1. The fraction of sp³-hybridized carbons (Fsp3) is 0.750. The van der Waals surface area contributed by atoms with E-state index in [0.29, 0.717) is 12.5 Å². The van der Waals surface area contributed by atoms with Gasteiger partial charge in [0.2, 0.25) is 5.91 Å². The molecule has 1 aromatic rings. The molecule has 1 amide bonds. The van der Waals surface area contributed by atoms with Gasteiger partial charge in [-0.1, -0.05) is 0 Å². The lowest BCUT2D eigenvalue weighted by molar-refractivity contribution is -0.122. The van der Waals surface area contributed by atoms with Gasteiger partial charge < -0.3 is 15.2 Å². The average Bonchev–Trinajstić information content (AvgIpc) is 2.92. The van der Waals surface area contributed by atoms with E-state index in [0.717, 1.165) is 31.8 Å². The molecule has 0 aromatic carbocycles. The number of rotatable bonds is 5. The molecular weight excluding hydrogens is 230 g/mol. The Bertz CT molecular complexity index is 420. The summed E-state index contributed by atoms with van der Waals surface area (Å²) < 4.78 is 2.06. The zero-order chi connectivity index (χ0) is 12.4. The fourth-order valence-corrected chi connectivity index (χ4v) is 2.42. The summed E-state index contributed by atoms with van der Waals surface area (Å²) in [5, 5.41) is 14.3. The second kappa shape index (κ2) is 5.06. The van der Waals surface area contributed by atoms with Crippen LogP contribution in [0.15, 0.2) is 6.33 Å². The van der Waals surface area contributed by atoms with Gasteiger partial charge >= 0.3 is 0 Å². The molecule has 1 aliphatic heterocycles. The van der Waals surface area contributed by atoms with Crippen LogP contribution in [0.2, 0.25) is 0 Å². The van der Waals surface area contributed by atoms with Gasteiger partial charge in [0.1, 0.15) is 12.2 Å². The number of nitrogens with one attached hydrogen (secondary N) is 2. The zero-order valence-electron chi connectivity index (χ0n) is 10.4. The molecule has 1 atom stereocenters. The molecule has 2 fully saturated rings. The van der Waals surface area contributed by atoms with E-state index in [1.54, 1.807) is 6.33 Å². The third kappa shape index (κ3) is 2.53. The summed E-state index contributed by atoms with van der Waals surface area (Å²) >= 11 is 0. The number of hydrogen-bond acceptors (Lipinski definition) is 4. The van der Waals surface area contributed by atoms with Gasteiger partial charge in [-0.25, -0.2) is 0 Å². The van der Waals surface area contributed by atoms with E-state index in [9.17, 15) is 4.79 Å². The van der Waals surface area contributed by atoms with E-state index in [2.05, 4.69) is 25.4 Å². The molecule has 2 N–H and O–H groups in total. The molecular formula is C12H19N5O. The third-order valence-electron chi connectivity index (χ3n) is 3.62. The van der Waals surface area contributed by atoms with Crippen molar-refractivity contribution in [3.8, 4) is 0 Å². The Morgan fingerprint density at radius 1 is 1.50 bits per heavy atom. The predicted molar refractivity (Wildman–Crippen MR) is 66.0 cm³/mol. The number of amides is 1. The van der Waals surface area contributed by atoms with E-state index < -0.39 is 0 Å². The molecule has 0 bridgehead atoms. The summed E-state index contributed by atoms with van der Waals surface area (Å²) in [7, 11) is 0. The zero-order valence-corrected chi connectivity index (χ0v) is 10.4. The van der Waals surface area contributed by atoms with Gasteiger partial charge in [0.05, 0.1) is 6.04 Å². The van der Waals surface area contributed by atoms with Gasteiger partial charge in [0.15, 0.2) is 0 Å². The average molecular weight is 249 g/mol. The van der Waals surface area contributed by atoms with Crippen LogP contribution in [0.4, 0.5) is 0 Å². The molecule has 6 heteroatoms. The first-order valence-corrected chi connectivity index (χ1v) is 6.73. The van der Waals surface area contributed by atoms with Gasteiger partial charge in [-0.05, 0) is 32.2 Å². The summed E-state index contributed by atoms with van der Waals surface area (Å²) in [4.78, 5) is 11.8. The maximum atomic E-state index is 11.8. The van der Waals surface area contributed by atoms with Crippen molar-refractivity contribution in [3.05, 3.63) is 12.2 Å². The van der Waals surface area contributed by atoms with Crippen LogP contribution in [0, 0.1) is 0 Å². The lowest BCUT2D eigenvalue weighted by Gasteiger charge is -2.11. The molecule has 1 aliphatic carbocycles. The number of hydrogen-bond donors (Lipinski definition) is 2. The first kappa shape index (κ1) is 11.6. The molecule has 1 unspecified atom stereocenters. The standard InChI is InChI=1S/C12H19N5O/c18-12(10-2-1-5-13-10)14-6-7-17-8-15-16-11(17)9-3-4-9/h8-10,13H,1-7H2,(H,14,18). The van der Waals surface area contributed by atoms with Gasteiger partial charge in [-0.15, -0.1) is 10.2 Å².